The lowest BCUT2D eigenvalue weighted by Gasteiger charge is -2.15. The van der Waals surface area contributed by atoms with Gasteiger partial charge in [0.05, 0.1) is 5.92 Å². The first-order valence-electron chi connectivity index (χ1n) is 6.30. The van der Waals surface area contributed by atoms with Crippen molar-refractivity contribution in [1.29, 1.82) is 0 Å². The van der Waals surface area contributed by atoms with Crippen molar-refractivity contribution in [1.82, 2.24) is 10.6 Å². The molecule has 0 bridgehead atoms. The highest BCUT2D eigenvalue weighted by Gasteiger charge is 2.23. The van der Waals surface area contributed by atoms with Gasteiger partial charge in [-0.3, -0.25) is 4.79 Å². The lowest BCUT2D eigenvalue weighted by atomic mass is 10.1. The Bertz CT molecular complexity index is 281. The number of carboxylic acids is 1. The Labute approximate surface area is 102 Å². The largest absolute Gasteiger partial charge is 0.481 e. The van der Waals surface area contributed by atoms with Gasteiger partial charge in [-0.05, 0) is 31.6 Å². The topological polar surface area (TPSA) is 78.4 Å². The number of carbonyl (C=O) groups excluding carboxylic acids is 1. The molecule has 0 saturated heterocycles. The van der Waals surface area contributed by atoms with Crippen molar-refractivity contribution in [3.63, 3.8) is 0 Å². The molecule has 1 rings (SSSR count). The summed E-state index contributed by atoms with van der Waals surface area (Å²) in [5.41, 5.74) is 0. The first-order chi connectivity index (χ1) is 8.02. The summed E-state index contributed by atoms with van der Waals surface area (Å²) in [6, 6.07) is -0.00120. The van der Waals surface area contributed by atoms with Crippen LogP contribution in [0.2, 0.25) is 0 Å². The molecule has 0 radical (unpaired) electrons. The molecule has 5 heteroatoms. The minimum absolute atomic E-state index is 0.194. The quantitative estimate of drug-likeness (QED) is 0.685. The number of nitrogens with one attached hydrogen (secondary N) is 2. The molecule has 5 nitrogen and oxygen atoms in total. The van der Waals surface area contributed by atoms with Crippen LogP contribution in [0.3, 0.4) is 0 Å². The molecule has 0 aromatic carbocycles. The van der Waals surface area contributed by atoms with E-state index in [9.17, 15) is 9.59 Å². The molecule has 0 heterocycles. The Balaban J connectivity index is 2.23. The number of rotatable bonds is 5. The molecule has 1 aliphatic rings. The van der Waals surface area contributed by atoms with E-state index in [2.05, 4.69) is 17.6 Å². The van der Waals surface area contributed by atoms with Crippen molar-refractivity contribution in [2.24, 2.45) is 11.8 Å². The lowest BCUT2D eigenvalue weighted by Crippen LogP contribution is -2.43. The summed E-state index contributed by atoms with van der Waals surface area (Å²) in [7, 11) is 0. The smallest absolute Gasteiger partial charge is 0.315 e. The fraction of sp³-hybridized carbons (Fsp3) is 0.833. The monoisotopic (exact) mass is 242 g/mol. The standard InChI is InChI=1S/C12H22N2O3/c1-3-9(11(15)16)7-13-12(17)14-10-5-4-8(2)6-10/h8-10H,3-7H2,1-2H3,(H,15,16)(H2,13,14,17). The summed E-state index contributed by atoms with van der Waals surface area (Å²) in [6.45, 7) is 4.17. The number of hydrogen-bond donors (Lipinski definition) is 3. The van der Waals surface area contributed by atoms with Crippen molar-refractivity contribution in [2.45, 2.75) is 45.6 Å². The van der Waals surface area contributed by atoms with Crippen LogP contribution in [0, 0.1) is 11.8 Å². The zero-order valence-electron chi connectivity index (χ0n) is 10.5. The van der Waals surface area contributed by atoms with Gasteiger partial charge in [0.1, 0.15) is 0 Å². The van der Waals surface area contributed by atoms with Crippen LogP contribution < -0.4 is 10.6 Å². The maximum Gasteiger partial charge on any atom is 0.315 e. The van der Waals surface area contributed by atoms with Gasteiger partial charge in [0, 0.05) is 12.6 Å². The molecule has 0 aliphatic heterocycles. The first kappa shape index (κ1) is 13.8. The van der Waals surface area contributed by atoms with Crippen LogP contribution >= 0.6 is 0 Å². The molecule has 3 N–H and O–H groups in total. The van der Waals surface area contributed by atoms with Gasteiger partial charge in [0.25, 0.3) is 0 Å². The van der Waals surface area contributed by atoms with Crippen LogP contribution in [0.5, 0.6) is 0 Å². The van der Waals surface area contributed by atoms with Gasteiger partial charge >= 0.3 is 12.0 Å². The molecular weight excluding hydrogens is 220 g/mol. The van der Waals surface area contributed by atoms with Crippen LogP contribution in [0.15, 0.2) is 0 Å². The number of urea groups is 1. The molecule has 98 valence electrons. The Morgan fingerprint density at radius 3 is 2.59 bits per heavy atom. The van der Waals surface area contributed by atoms with Gasteiger partial charge in [-0.25, -0.2) is 4.79 Å². The fourth-order valence-corrected chi connectivity index (χ4v) is 2.20. The average Bonchev–Trinajstić information content (AvgIpc) is 2.64. The summed E-state index contributed by atoms with van der Waals surface area (Å²) in [6.07, 6.45) is 3.71. The van der Waals surface area contributed by atoms with E-state index < -0.39 is 11.9 Å². The van der Waals surface area contributed by atoms with E-state index in [1.165, 1.54) is 0 Å². The molecule has 3 unspecified atom stereocenters. The predicted molar refractivity (Wildman–Crippen MR) is 64.8 cm³/mol. The van der Waals surface area contributed by atoms with E-state index in [-0.39, 0.29) is 18.6 Å². The molecule has 0 aromatic rings. The Morgan fingerprint density at radius 2 is 2.12 bits per heavy atom. The van der Waals surface area contributed by atoms with E-state index in [1.54, 1.807) is 6.92 Å². The number of carbonyl (C=O) groups is 2. The van der Waals surface area contributed by atoms with Crippen LogP contribution in [0.4, 0.5) is 4.79 Å². The van der Waals surface area contributed by atoms with E-state index >= 15 is 0 Å². The van der Waals surface area contributed by atoms with E-state index in [0.717, 1.165) is 19.3 Å². The van der Waals surface area contributed by atoms with Crippen molar-refractivity contribution >= 4 is 12.0 Å². The van der Waals surface area contributed by atoms with Gasteiger partial charge in [0.15, 0.2) is 0 Å². The van der Waals surface area contributed by atoms with Gasteiger partial charge in [-0.2, -0.15) is 0 Å². The van der Waals surface area contributed by atoms with Gasteiger partial charge < -0.3 is 15.7 Å². The fourth-order valence-electron chi connectivity index (χ4n) is 2.20. The minimum atomic E-state index is -0.859. The second-order valence-electron chi connectivity index (χ2n) is 4.91. The lowest BCUT2D eigenvalue weighted by molar-refractivity contribution is -0.141. The summed E-state index contributed by atoms with van der Waals surface area (Å²) >= 11 is 0. The zero-order valence-corrected chi connectivity index (χ0v) is 10.5. The van der Waals surface area contributed by atoms with E-state index in [1.807, 2.05) is 0 Å². The molecule has 0 aromatic heterocycles. The highest BCUT2D eigenvalue weighted by atomic mass is 16.4. The van der Waals surface area contributed by atoms with Gasteiger partial charge in [-0.15, -0.1) is 0 Å². The van der Waals surface area contributed by atoms with E-state index in [0.29, 0.717) is 12.3 Å². The summed E-state index contributed by atoms with van der Waals surface area (Å²) in [4.78, 5) is 22.3. The molecule has 2 amide bonds. The highest BCUT2D eigenvalue weighted by Crippen LogP contribution is 2.24. The predicted octanol–water partition coefficient (Wildman–Crippen LogP) is 1.58. The van der Waals surface area contributed by atoms with Crippen LogP contribution in [0.1, 0.15) is 39.5 Å². The van der Waals surface area contributed by atoms with Crippen molar-refractivity contribution in [2.75, 3.05) is 6.54 Å². The Morgan fingerprint density at radius 1 is 1.41 bits per heavy atom. The van der Waals surface area contributed by atoms with Crippen molar-refractivity contribution in [3.8, 4) is 0 Å². The average molecular weight is 242 g/mol. The Hall–Kier alpha value is -1.26. The SMILES string of the molecule is CCC(CNC(=O)NC1CCC(C)C1)C(=O)O. The highest BCUT2D eigenvalue weighted by molar-refractivity contribution is 5.76. The third kappa shape index (κ3) is 4.63. The molecule has 1 aliphatic carbocycles. The van der Waals surface area contributed by atoms with Crippen molar-refractivity contribution < 1.29 is 14.7 Å². The third-order valence-corrected chi connectivity index (χ3v) is 3.38. The molecular formula is C12H22N2O3. The molecule has 3 atom stereocenters. The summed E-state index contributed by atoms with van der Waals surface area (Å²) < 4.78 is 0. The van der Waals surface area contributed by atoms with E-state index in [4.69, 9.17) is 5.11 Å². The summed E-state index contributed by atoms with van der Waals surface area (Å²) in [5, 5.41) is 14.3. The van der Waals surface area contributed by atoms with Crippen LogP contribution in [0.25, 0.3) is 0 Å². The number of aliphatic carboxylic acids is 1. The molecule has 1 fully saturated rings. The molecule has 0 spiro atoms. The van der Waals surface area contributed by atoms with Crippen molar-refractivity contribution in [3.05, 3.63) is 0 Å². The first-order valence-corrected chi connectivity index (χ1v) is 6.30. The second-order valence-corrected chi connectivity index (χ2v) is 4.91. The maximum absolute atomic E-state index is 11.5. The number of hydrogen-bond acceptors (Lipinski definition) is 2. The van der Waals surface area contributed by atoms with Gasteiger partial charge in [0.2, 0.25) is 0 Å². The Kier molecular flexibility index (Phi) is 5.25. The third-order valence-electron chi connectivity index (χ3n) is 3.38. The summed E-state index contributed by atoms with van der Waals surface area (Å²) in [5.74, 6) is -0.687. The number of carboxylic acid groups (broad SMARTS) is 1. The number of amides is 2. The molecule has 17 heavy (non-hydrogen) atoms. The molecule has 1 saturated carbocycles. The maximum atomic E-state index is 11.5. The van der Waals surface area contributed by atoms with Gasteiger partial charge in [-0.1, -0.05) is 13.8 Å². The normalized spacial score (nSPS) is 25.3. The van der Waals surface area contributed by atoms with Crippen LogP contribution in [-0.4, -0.2) is 29.7 Å². The minimum Gasteiger partial charge on any atom is -0.481 e. The second kappa shape index (κ2) is 6.47. The van der Waals surface area contributed by atoms with Crippen LogP contribution in [-0.2, 0) is 4.79 Å². The zero-order chi connectivity index (χ0) is 12.8.